The van der Waals surface area contributed by atoms with Gasteiger partial charge in [-0.15, -0.1) is 0 Å². The number of hydrogen-bond acceptors (Lipinski definition) is 3. The van der Waals surface area contributed by atoms with Crippen molar-refractivity contribution in [2.45, 2.75) is 96.9 Å². The summed E-state index contributed by atoms with van der Waals surface area (Å²) in [6.07, 6.45) is 20.2. The van der Waals surface area contributed by atoms with Crippen molar-refractivity contribution in [2.24, 2.45) is 7.05 Å². The minimum absolute atomic E-state index is 0. The normalized spacial score (nSPS) is 10.5. The molecule has 0 radical (unpaired) electrons. The summed E-state index contributed by atoms with van der Waals surface area (Å²) in [5.74, 6) is 1.70. The van der Waals surface area contributed by atoms with Gasteiger partial charge in [-0.3, -0.25) is 4.79 Å². The van der Waals surface area contributed by atoms with Crippen LogP contribution in [0.2, 0.25) is 0 Å². The fourth-order valence-corrected chi connectivity index (χ4v) is 3.91. The van der Waals surface area contributed by atoms with Gasteiger partial charge in [0.05, 0.1) is 26.3 Å². The Balaban J connectivity index is 0.00000578. The summed E-state index contributed by atoms with van der Waals surface area (Å²) >= 11 is 0. The number of aromatic nitrogens is 2. The first kappa shape index (κ1) is 30.3. The molecule has 1 heterocycles. The maximum atomic E-state index is 12.2. The summed E-state index contributed by atoms with van der Waals surface area (Å²) < 4.78 is 7.77. The maximum Gasteiger partial charge on any atom is 0.317 e. The van der Waals surface area contributed by atoms with Crippen LogP contribution in [0.4, 0.5) is 0 Å². The first-order chi connectivity index (χ1) is 16.2. The Morgan fingerprint density at radius 3 is 2.09 bits per heavy atom. The van der Waals surface area contributed by atoms with Crippen molar-refractivity contribution in [1.29, 1.82) is 0 Å². The SMILES string of the molecule is CCCCCCCCCCCCCCOc1ccc(CC(=O)NCc2nccc[n+]2C)cc1.[I-]. The number of hydrogen-bond donors (Lipinski definition) is 1. The van der Waals surface area contributed by atoms with Gasteiger partial charge in [-0.1, -0.05) is 94.7 Å². The van der Waals surface area contributed by atoms with Gasteiger partial charge in [0.15, 0.2) is 0 Å². The molecule has 2 rings (SSSR count). The van der Waals surface area contributed by atoms with Gasteiger partial charge in [0.1, 0.15) is 18.5 Å². The zero-order valence-corrected chi connectivity index (χ0v) is 23.4. The number of unbranched alkanes of at least 4 members (excludes halogenated alkanes) is 11. The Morgan fingerprint density at radius 1 is 0.912 bits per heavy atom. The average Bonchev–Trinajstić information content (AvgIpc) is 2.82. The predicted octanol–water partition coefficient (Wildman–Crippen LogP) is 2.85. The van der Waals surface area contributed by atoms with E-state index in [0.29, 0.717) is 13.0 Å². The molecule has 1 aromatic carbocycles. The fourth-order valence-electron chi connectivity index (χ4n) is 3.91. The van der Waals surface area contributed by atoms with Crippen LogP contribution in [0.3, 0.4) is 0 Å². The van der Waals surface area contributed by atoms with Crippen LogP contribution in [-0.2, 0) is 24.8 Å². The Labute approximate surface area is 224 Å². The van der Waals surface area contributed by atoms with Crippen molar-refractivity contribution < 1.29 is 38.1 Å². The molecule has 190 valence electrons. The number of nitrogens with one attached hydrogen (secondary N) is 1. The smallest absolute Gasteiger partial charge is 0.317 e. The van der Waals surface area contributed by atoms with Gasteiger partial charge in [-0.05, 0) is 24.1 Å². The van der Waals surface area contributed by atoms with Crippen LogP contribution >= 0.6 is 0 Å². The molecule has 0 saturated carbocycles. The van der Waals surface area contributed by atoms with Crippen molar-refractivity contribution in [1.82, 2.24) is 10.3 Å². The fraction of sp³-hybridized carbons (Fsp3) is 0.607. The third-order valence-corrected chi connectivity index (χ3v) is 6.02. The van der Waals surface area contributed by atoms with E-state index in [2.05, 4.69) is 17.2 Å². The van der Waals surface area contributed by atoms with Gasteiger partial charge in [0, 0.05) is 6.07 Å². The quantitative estimate of drug-likeness (QED) is 0.168. The largest absolute Gasteiger partial charge is 1.00 e. The number of nitrogens with zero attached hydrogens (tertiary/aromatic N) is 2. The maximum absolute atomic E-state index is 12.2. The van der Waals surface area contributed by atoms with E-state index in [-0.39, 0.29) is 29.9 Å². The summed E-state index contributed by atoms with van der Waals surface area (Å²) in [7, 11) is 1.92. The molecule has 0 aliphatic rings. The lowest BCUT2D eigenvalue weighted by Gasteiger charge is -2.08. The molecule has 0 spiro atoms. The molecular formula is C28H44IN3O2. The van der Waals surface area contributed by atoms with Crippen molar-refractivity contribution >= 4 is 5.91 Å². The molecule has 6 heteroatoms. The van der Waals surface area contributed by atoms with Gasteiger partial charge >= 0.3 is 5.82 Å². The standard InChI is InChI=1S/C28H43N3O2.HI/c1-3-4-5-6-7-8-9-10-11-12-13-14-22-33-26-18-16-25(17-19-26)23-28(32)30-24-27-29-20-15-21-31(27)2;/h15-21H,3-14,22-24H2,1-2H3;1H. The molecule has 0 fully saturated rings. The summed E-state index contributed by atoms with van der Waals surface area (Å²) in [5.41, 5.74) is 0.982. The van der Waals surface area contributed by atoms with Crippen LogP contribution in [0.25, 0.3) is 0 Å². The highest BCUT2D eigenvalue weighted by atomic mass is 127. The number of amides is 1. The molecule has 0 aliphatic carbocycles. The molecule has 34 heavy (non-hydrogen) atoms. The van der Waals surface area contributed by atoms with E-state index in [1.54, 1.807) is 6.20 Å². The van der Waals surface area contributed by atoms with E-state index in [1.807, 2.05) is 48.1 Å². The number of benzene rings is 1. The molecule has 0 atom stereocenters. The summed E-state index contributed by atoms with van der Waals surface area (Å²) in [6.45, 7) is 3.46. The second-order valence-electron chi connectivity index (χ2n) is 8.98. The zero-order chi connectivity index (χ0) is 23.6. The van der Waals surface area contributed by atoms with Gasteiger partial charge in [-0.2, -0.15) is 0 Å². The van der Waals surface area contributed by atoms with Gasteiger partial charge in [0.25, 0.3) is 0 Å². The van der Waals surface area contributed by atoms with Crippen molar-refractivity contribution in [3.63, 3.8) is 0 Å². The van der Waals surface area contributed by atoms with E-state index < -0.39 is 0 Å². The molecule has 1 amide bonds. The van der Waals surface area contributed by atoms with E-state index in [9.17, 15) is 4.79 Å². The lowest BCUT2D eigenvalue weighted by molar-refractivity contribution is -0.682. The highest BCUT2D eigenvalue weighted by Crippen LogP contribution is 2.15. The third-order valence-electron chi connectivity index (χ3n) is 6.02. The topological polar surface area (TPSA) is 55.1 Å². The molecule has 5 nitrogen and oxygen atoms in total. The number of ether oxygens (including phenoxy) is 1. The number of carbonyl (C=O) groups is 1. The van der Waals surface area contributed by atoms with Gasteiger partial charge in [0.2, 0.25) is 5.91 Å². The molecule has 0 saturated heterocycles. The second kappa shape index (κ2) is 19.6. The Hall–Kier alpha value is -1.70. The van der Waals surface area contributed by atoms with E-state index in [4.69, 9.17) is 4.74 Å². The van der Waals surface area contributed by atoms with Crippen LogP contribution in [0.15, 0.2) is 42.7 Å². The first-order valence-corrected chi connectivity index (χ1v) is 13.0. The number of carbonyl (C=O) groups excluding carboxylic acids is 1. The van der Waals surface area contributed by atoms with E-state index in [1.165, 1.54) is 70.6 Å². The predicted molar refractivity (Wildman–Crippen MR) is 134 cm³/mol. The monoisotopic (exact) mass is 581 g/mol. The van der Waals surface area contributed by atoms with Crippen LogP contribution < -0.4 is 38.6 Å². The first-order valence-electron chi connectivity index (χ1n) is 13.0. The van der Waals surface area contributed by atoms with Crippen LogP contribution in [0.1, 0.15) is 95.4 Å². The molecule has 2 aromatic rings. The van der Waals surface area contributed by atoms with Crippen molar-refractivity contribution in [3.05, 3.63) is 54.1 Å². The minimum Gasteiger partial charge on any atom is -1.00 e. The molecular weight excluding hydrogens is 537 g/mol. The molecule has 0 aliphatic heterocycles. The van der Waals surface area contributed by atoms with Gasteiger partial charge < -0.3 is 34.0 Å². The summed E-state index contributed by atoms with van der Waals surface area (Å²) in [6, 6.07) is 9.73. The third kappa shape index (κ3) is 13.9. The van der Waals surface area contributed by atoms with Crippen LogP contribution in [0, 0.1) is 0 Å². The lowest BCUT2D eigenvalue weighted by atomic mass is 10.1. The van der Waals surface area contributed by atoms with E-state index in [0.717, 1.165) is 30.2 Å². The second-order valence-corrected chi connectivity index (χ2v) is 8.98. The summed E-state index contributed by atoms with van der Waals surface area (Å²) in [5, 5.41) is 2.93. The Kier molecular flexibility index (Phi) is 17.5. The minimum atomic E-state index is -0.00851. The molecule has 0 bridgehead atoms. The lowest BCUT2D eigenvalue weighted by Crippen LogP contribution is -3.00. The van der Waals surface area contributed by atoms with Gasteiger partial charge in [-0.25, -0.2) is 4.57 Å². The Morgan fingerprint density at radius 2 is 1.50 bits per heavy atom. The Bertz CT molecular complexity index is 783. The number of aryl methyl sites for hydroxylation is 1. The van der Waals surface area contributed by atoms with Crippen molar-refractivity contribution in [2.75, 3.05) is 6.61 Å². The summed E-state index contributed by atoms with van der Waals surface area (Å²) in [4.78, 5) is 16.5. The van der Waals surface area contributed by atoms with E-state index >= 15 is 0 Å². The highest BCUT2D eigenvalue weighted by Gasteiger charge is 2.10. The zero-order valence-electron chi connectivity index (χ0n) is 21.2. The number of rotatable bonds is 18. The van der Waals surface area contributed by atoms with Crippen LogP contribution in [0.5, 0.6) is 5.75 Å². The molecule has 1 aromatic heterocycles. The van der Waals surface area contributed by atoms with Crippen molar-refractivity contribution in [3.8, 4) is 5.75 Å². The number of halogens is 1. The van der Waals surface area contributed by atoms with Crippen LogP contribution in [-0.4, -0.2) is 17.5 Å². The average molecular weight is 582 g/mol. The molecule has 0 unspecified atom stereocenters. The highest BCUT2D eigenvalue weighted by molar-refractivity contribution is 5.78. The molecule has 1 N–H and O–H groups in total.